The minimum atomic E-state index is -0.0484. The van der Waals surface area contributed by atoms with Crippen molar-refractivity contribution in [2.45, 2.75) is 45.6 Å². The number of guanidine groups is 1. The topological polar surface area (TPSA) is 57.2 Å². The first-order valence-electron chi connectivity index (χ1n) is 10.5. The Labute approximate surface area is 168 Å². The molecule has 6 heteroatoms. The molecule has 6 nitrogen and oxygen atoms in total. The molecule has 3 rings (SSSR count). The summed E-state index contributed by atoms with van der Waals surface area (Å²) in [6.45, 7) is 5.88. The van der Waals surface area contributed by atoms with E-state index in [1.165, 1.54) is 37.0 Å². The number of benzene rings is 1. The van der Waals surface area contributed by atoms with Crippen LogP contribution in [0.3, 0.4) is 0 Å². The van der Waals surface area contributed by atoms with Crippen molar-refractivity contribution in [2.24, 2.45) is 10.4 Å². The van der Waals surface area contributed by atoms with Gasteiger partial charge in [0.1, 0.15) is 5.75 Å². The van der Waals surface area contributed by atoms with Crippen LogP contribution in [0.2, 0.25) is 0 Å². The fourth-order valence-electron chi connectivity index (χ4n) is 4.25. The molecule has 2 aliphatic rings. The van der Waals surface area contributed by atoms with Crippen LogP contribution in [0.5, 0.6) is 5.75 Å². The number of likely N-dealkylation sites (tertiary alicyclic amines) is 1. The van der Waals surface area contributed by atoms with Gasteiger partial charge >= 0.3 is 0 Å². The molecular weight excluding hydrogens is 352 g/mol. The van der Waals surface area contributed by atoms with Gasteiger partial charge in [-0.1, -0.05) is 25.0 Å². The first-order valence-corrected chi connectivity index (χ1v) is 10.5. The highest BCUT2D eigenvalue weighted by molar-refractivity contribution is 5.80. The minimum Gasteiger partial charge on any atom is -0.484 e. The lowest BCUT2D eigenvalue weighted by Crippen LogP contribution is -2.41. The van der Waals surface area contributed by atoms with Gasteiger partial charge in [0.25, 0.3) is 5.91 Å². The van der Waals surface area contributed by atoms with Crippen LogP contribution < -0.4 is 10.1 Å². The third-order valence-electron chi connectivity index (χ3n) is 5.91. The average molecular weight is 387 g/mol. The molecule has 154 valence electrons. The van der Waals surface area contributed by atoms with Crippen LogP contribution >= 0.6 is 0 Å². The second-order valence-electron chi connectivity index (χ2n) is 8.27. The van der Waals surface area contributed by atoms with Crippen molar-refractivity contribution in [1.82, 2.24) is 15.1 Å². The second-order valence-corrected chi connectivity index (χ2v) is 8.27. The molecule has 1 N–H and O–H groups in total. The average Bonchev–Trinajstić information content (AvgIpc) is 3.33. The maximum Gasteiger partial charge on any atom is 0.259 e. The van der Waals surface area contributed by atoms with Gasteiger partial charge in [0.15, 0.2) is 12.6 Å². The Morgan fingerprint density at radius 3 is 2.79 bits per heavy atom. The van der Waals surface area contributed by atoms with Crippen molar-refractivity contribution in [3.63, 3.8) is 0 Å². The molecule has 2 fully saturated rings. The number of rotatable bonds is 6. The predicted molar refractivity (Wildman–Crippen MR) is 113 cm³/mol. The summed E-state index contributed by atoms with van der Waals surface area (Å²) in [6.07, 6.45) is 6.79. The number of hydrogen-bond acceptors (Lipinski definition) is 3. The zero-order chi connectivity index (χ0) is 20.0. The van der Waals surface area contributed by atoms with Crippen molar-refractivity contribution in [3.8, 4) is 5.75 Å². The monoisotopic (exact) mass is 386 g/mol. The molecule has 28 heavy (non-hydrogen) atoms. The number of amides is 1. The molecule has 1 aromatic rings. The van der Waals surface area contributed by atoms with E-state index in [2.05, 4.69) is 23.2 Å². The molecule has 1 aliphatic carbocycles. The smallest absolute Gasteiger partial charge is 0.259 e. The van der Waals surface area contributed by atoms with E-state index < -0.39 is 0 Å². The lowest BCUT2D eigenvalue weighted by atomic mass is 9.86. The number of carbonyl (C=O) groups excluding carboxylic acids is 1. The number of ether oxygens (including phenoxy) is 1. The summed E-state index contributed by atoms with van der Waals surface area (Å²) in [4.78, 5) is 20.6. The molecule has 0 bridgehead atoms. The van der Waals surface area contributed by atoms with Crippen LogP contribution in [-0.4, -0.2) is 62.0 Å². The Balaban J connectivity index is 1.61. The van der Waals surface area contributed by atoms with Gasteiger partial charge in [0.2, 0.25) is 0 Å². The second kappa shape index (κ2) is 9.30. The Bertz CT molecular complexity index is 696. The highest BCUT2D eigenvalue weighted by Gasteiger charge is 2.41. The fraction of sp³-hybridized carbons (Fsp3) is 0.636. The van der Waals surface area contributed by atoms with Crippen LogP contribution in [0.1, 0.15) is 44.6 Å². The first-order chi connectivity index (χ1) is 13.5. The summed E-state index contributed by atoms with van der Waals surface area (Å²) in [7, 11) is 3.46. The quantitative estimate of drug-likeness (QED) is 0.603. The number of nitrogens with one attached hydrogen (secondary N) is 1. The van der Waals surface area contributed by atoms with Crippen LogP contribution in [-0.2, 0) is 11.3 Å². The Kier molecular flexibility index (Phi) is 6.81. The Hall–Kier alpha value is -2.24. The summed E-state index contributed by atoms with van der Waals surface area (Å²) < 4.78 is 5.62. The van der Waals surface area contributed by atoms with E-state index in [1.807, 2.05) is 18.2 Å². The Morgan fingerprint density at radius 1 is 1.29 bits per heavy atom. The zero-order valence-electron chi connectivity index (χ0n) is 17.5. The minimum absolute atomic E-state index is 0.0484. The van der Waals surface area contributed by atoms with Gasteiger partial charge in [-0.25, -0.2) is 4.99 Å². The summed E-state index contributed by atoms with van der Waals surface area (Å²) in [5, 5.41) is 3.46. The van der Waals surface area contributed by atoms with E-state index >= 15 is 0 Å². The third-order valence-corrected chi connectivity index (χ3v) is 5.91. The summed E-state index contributed by atoms with van der Waals surface area (Å²) >= 11 is 0. The predicted octanol–water partition coefficient (Wildman–Crippen LogP) is 2.89. The first kappa shape index (κ1) is 20.5. The lowest BCUT2D eigenvalue weighted by Gasteiger charge is -2.26. The number of likely N-dealkylation sites (N-methyl/N-ethyl adjacent to an activating group) is 1. The molecule has 1 saturated heterocycles. The van der Waals surface area contributed by atoms with E-state index in [1.54, 1.807) is 14.1 Å². The molecule has 0 radical (unpaired) electrons. The third kappa shape index (κ3) is 5.18. The van der Waals surface area contributed by atoms with Gasteiger partial charge in [0.05, 0.1) is 6.54 Å². The molecule has 1 spiro atoms. The van der Waals surface area contributed by atoms with Crippen molar-refractivity contribution in [1.29, 1.82) is 0 Å². The van der Waals surface area contributed by atoms with Gasteiger partial charge < -0.3 is 19.9 Å². The molecule has 1 heterocycles. The number of carbonyl (C=O) groups is 1. The standard InChI is InChI=1S/C22H34N4O2/c1-4-23-21(26-13-12-22(17-26)10-5-6-11-22)24-15-18-8-7-9-19(14-18)28-16-20(27)25(2)3/h7-9,14H,4-6,10-13,15-17H2,1-3H3,(H,23,24). The van der Waals surface area contributed by atoms with Gasteiger partial charge in [0, 0.05) is 33.7 Å². The van der Waals surface area contributed by atoms with E-state index in [9.17, 15) is 4.79 Å². The maximum atomic E-state index is 11.7. The normalized spacial score (nSPS) is 18.5. The molecule has 0 unspecified atom stereocenters. The summed E-state index contributed by atoms with van der Waals surface area (Å²) in [5.74, 6) is 1.67. The lowest BCUT2D eigenvalue weighted by molar-refractivity contribution is -0.130. The van der Waals surface area contributed by atoms with Gasteiger partial charge in [-0.05, 0) is 49.3 Å². The van der Waals surface area contributed by atoms with Gasteiger partial charge in [-0.2, -0.15) is 0 Å². The number of aliphatic imine (C=N–C) groups is 1. The summed E-state index contributed by atoms with van der Waals surface area (Å²) in [6, 6.07) is 7.86. The molecule has 0 atom stereocenters. The van der Waals surface area contributed by atoms with Crippen LogP contribution in [0, 0.1) is 5.41 Å². The maximum absolute atomic E-state index is 11.7. The van der Waals surface area contributed by atoms with Crippen LogP contribution in [0.4, 0.5) is 0 Å². The molecular formula is C22H34N4O2. The van der Waals surface area contributed by atoms with Crippen molar-refractivity contribution < 1.29 is 9.53 Å². The van der Waals surface area contributed by atoms with Crippen LogP contribution in [0.25, 0.3) is 0 Å². The molecule has 1 aromatic carbocycles. The molecule has 1 saturated carbocycles. The van der Waals surface area contributed by atoms with Crippen molar-refractivity contribution in [2.75, 3.05) is 40.3 Å². The van der Waals surface area contributed by atoms with E-state index in [0.717, 1.165) is 31.2 Å². The SMILES string of the molecule is CCNC(=NCc1cccc(OCC(=O)N(C)C)c1)N1CCC2(CCCC2)C1. The largest absolute Gasteiger partial charge is 0.484 e. The van der Waals surface area contributed by atoms with E-state index in [4.69, 9.17) is 9.73 Å². The summed E-state index contributed by atoms with van der Waals surface area (Å²) in [5.41, 5.74) is 1.61. The van der Waals surface area contributed by atoms with E-state index in [-0.39, 0.29) is 12.5 Å². The highest BCUT2D eigenvalue weighted by atomic mass is 16.5. The fourth-order valence-corrected chi connectivity index (χ4v) is 4.25. The van der Waals surface area contributed by atoms with Crippen molar-refractivity contribution in [3.05, 3.63) is 29.8 Å². The molecule has 0 aromatic heterocycles. The van der Waals surface area contributed by atoms with Gasteiger partial charge in [-0.3, -0.25) is 4.79 Å². The highest BCUT2D eigenvalue weighted by Crippen LogP contribution is 2.45. The van der Waals surface area contributed by atoms with Crippen LogP contribution in [0.15, 0.2) is 29.3 Å². The molecule has 1 aliphatic heterocycles. The zero-order valence-corrected chi connectivity index (χ0v) is 17.5. The van der Waals surface area contributed by atoms with Gasteiger partial charge in [-0.15, -0.1) is 0 Å². The number of nitrogens with zero attached hydrogens (tertiary/aromatic N) is 3. The van der Waals surface area contributed by atoms with E-state index in [0.29, 0.717) is 17.7 Å². The Morgan fingerprint density at radius 2 is 2.07 bits per heavy atom. The van der Waals surface area contributed by atoms with Crippen molar-refractivity contribution >= 4 is 11.9 Å². The molecule has 1 amide bonds. The number of hydrogen-bond donors (Lipinski definition) is 1.